The molecule has 0 unspecified atom stereocenters. The van der Waals surface area contributed by atoms with Gasteiger partial charge in [0, 0.05) is 11.3 Å². The zero-order chi connectivity index (χ0) is 16.8. The lowest BCUT2D eigenvalue weighted by atomic mass is 9.90. The monoisotopic (exact) mass is 323 g/mol. The van der Waals surface area contributed by atoms with Crippen molar-refractivity contribution in [2.24, 2.45) is 0 Å². The first-order chi connectivity index (χ1) is 11.8. The third-order valence-corrected chi connectivity index (χ3v) is 4.53. The Morgan fingerprint density at radius 3 is 2.67 bits per heavy atom. The van der Waals surface area contributed by atoms with E-state index in [4.69, 9.17) is 4.74 Å². The first kappa shape index (κ1) is 16.6. The van der Waals surface area contributed by atoms with Gasteiger partial charge in [0.15, 0.2) is 0 Å². The molecule has 24 heavy (non-hydrogen) atoms. The molecular formula is C21H25NO2. The maximum atomic E-state index is 12.5. The molecule has 0 spiro atoms. The molecule has 1 N–H and O–H groups in total. The number of rotatable bonds is 6. The van der Waals surface area contributed by atoms with Crippen molar-refractivity contribution in [2.45, 2.75) is 45.4 Å². The van der Waals surface area contributed by atoms with Crippen LogP contribution in [0.4, 0.5) is 5.69 Å². The second kappa shape index (κ2) is 8.00. The van der Waals surface area contributed by atoms with E-state index in [0.29, 0.717) is 5.56 Å². The number of hydrogen-bond acceptors (Lipinski definition) is 2. The Hall–Kier alpha value is -2.29. The molecule has 2 aromatic rings. The van der Waals surface area contributed by atoms with Crippen molar-refractivity contribution in [3.63, 3.8) is 0 Å². The average molecular weight is 323 g/mol. The number of nitrogens with one attached hydrogen (secondary N) is 1. The largest absolute Gasteiger partial charge is 0.494 e. The highest BCUT2D eigenvalue weighted by molar-refractivity contribution is 6.04. The minimum Gasteiger partial charge on any atom is -0.494 e. The Morgan fingerprint density at radius 1 is 1.08 bits per heavy atom. The molecule has 3 nitrogen and oxygen atoms in total. The second-order valence-electron chi connectivity index (χ2n) is 6.33. The van der Waals surface area contributed by atoms with Gasteiger partial charge in [0.25, 0.3) is 5.91 Å². The highest BCUT2D eigenvalue weighted by Crippen LogP contribution is 2.28. The van der Waals surface area contributed by atoms with Crippen LogP contribution in [0.2, 0.25) is 0 Å². The van der Waals surface area contributed by atoms with Crippen molar-refractivity contribution in [3.8, 4) is 5.75 Å². The molecule has 0 fully saturated rings. The summed E-state index contributed by atoms with van der Waals surface area (Å²) in [6.07, 6.45) is 6.76. The number of unbranched alkanes of at least 4 members (excludes halogenated alkanes) is 1. The molecule has 126 valence electrons. The predicted molar refractivity (Wildman–Crippen MR) is 97.9 cm³/mol. The summed E-state index contributed by atoms with van der Waals surface area (Å²) in [6, 6.07) is 13.6. The highest BCUT2D eigenvalue weighted by atomic mass is 16.5. The molecule has 1 aliphatic carbocycles. The van der Waals surface area contributed by atoms with E-state index in [-0.39, 0.29) is 5.91 Å². The van der Waals surface area contributed by atoms with Crippen LogP contribution in [-0.2, 0) is 12.8 Å². The maximum absolute atomic E-state index is 12.5. The third-order valence-electron chi connectivity index (χ3n) is 4.53. The van der Waals surface area contributed by atoms with Crippen LogP contribution in [0.3, 0.4) is 0 Å². The van der Waals surface area contributed by atoms with Crippen LogP contribution in [0.1, 0.15) is 54.1 Å². The Labute approximate surface area is 144 Å². The summed E-state index contributed by atoms with van der Waals surface area (Å²) in [5.74, 6) is 0.756. The van der Waals surface area contributed by atoms with E-state index in [1.807, 2.05) is 36.4 Å². The number of carbonyl (C=O) groups is 1. The van der Waals surface area contributed by atoms with Crippen LogP contribution < -0.4 is 10.1 Å². The minimum absolute atomic E-state index is 0.0610. The number of carbonyl (C=O) groups excluding carboxylic acids is 1. The summed E-state index contributed by atoms with van der Waals surface area (Å²) in [5.41, 5.74) is 4.29. The van der Waals surface area contributed by atoms with E-state index in [1.165, 1.54) is 24.0 Å². The fourth-order valence-corrected chi connectivity index (χ4v) is 3.13. The summed E-state index contributed by atoms with van der Waals surface area (Å²) in [6.45, 7) is 2.86. The standard InChI is InChI=1S/C21H25NO2/c1-2-3-15-24-18-13-11-17(12-14-18)21(23)22-20-10-6-8-16-7-4-5-9-19(16)20/h6,8,10-14H,2-5,7,9,15H2,1H3,(H,22,23). The molecule has 3 heteroatoms. The average Bonchev–Trinajstić information content (AvgIpc) is 2.63. The molecule has 0 radical (unpaired) electrons. The lowest BCUT2D eigenvalue weighted by Gasteiger charge is -2.19. The SMILES string of the molecule is CCCCOc1ccc(C(=O)Nc2cccc3c2CCCC3)cc1. The minimum atomic E-state index is -0.0610. The van der Waals surface area contributed by atoms with Crippen molar-refractivity contribution in [2.75, 3.05) is 11.9 Å². The van der Waals surface area contributed by atoms with E-state index < -0.39 is 0 Å². The Balaban J connectivity index is 1.67. The summed E-state index contributed by atoms with van der Waals surface area (Å²) in [5, 5.41) is 3.08. The van der Waals surface area contributed by atoms with E-state index in [9.17, 15) is 4.79 Å². The first-order valence-corrected chi connectivity index (χ1v) is 8.93. The lowest BCUT2D eigenvalue weighted by molar-refractivity contribution is 0.102. The number of benzene rings is 2. The maximum Gasteiger partial charge on any atom is 0.255 e. The molecule has 0 aromatic heterocycles. The van der Waals surface area contributed by atoms with Gasteiger partial charge < -0.3 is 10.1 Å². The van der Waals surface area contributed by atoms with Gasteiger partial charge in [-0.05, 0) is 73.6 Å². The zero-order valence-corrected chi connectivity index (χ0v) is 14.3. The van der Waals surface area contributed by atoms with E-state index >= 15 is 0 Å². The summed E-state index contributed by atoms with van der Waals surface area (Å²) in [7, 11) is 0. The van der Waals surface area contributed by atoms with E-state index in [1.54, 1.807) is 0 Å². The molecule has 0 aliphatic heterocycles. The van der Waals surface area contributed by atoms with Gasteiger partial charge >= 0.3 is 0 Å². The zero-order valence-electron chi connectivity index (χ0n) is 14.3. The topological polar surface area (TPSA) is 38.3 Å². The number of aryl methyl sites for hydroxylation is 1. The molecule has 3 rings (SSSR count). The Morgan fingerprint density at radius 2 is 1.88 bits per heavy atom. The number of ether oxygens (including phenoxy) is 1. The molecule has 0 bridgehead atoms. The van der Waals surface area contributed by atoms with Crippen LogP contribution in [0, 0.1) is 0 Å². The first-order valence-electron chi connectivity index (χ1n) is 8.93. The Bertz CT molecular complexity index is 691. The van der Waals surface area contributed by atoms with Crippen molar-refractivity contribution < 1.29 is 9.53 Å². The predicted octanol–water partition coefficient (Wildman–Crippen LogP) is 5.00. The van der Waals surface area contributed by atoms with Gasteiger partial charge in [-0.1, -0.05) is 25.5 Å². The normalized spacial score (nSPS) is 13.2. The van der Waals surface area contributed by atoms with Gasteiger partial charge in [-0.25, -0.2) is 0 Å². The van der Waals surface area contributed by atoms with E-state index in [2.05, 4.69) is 18.3 Å². The lowest BCUT2D eigenvalue weighted by Crippen LogP contribution is -2.15. The fourth-order valence-electron chi connectivity index (χ4n) is 3.13. The van der Waals surface area contributed by atoms with Crippen LogP contribution in [0.25, 0.3) is 0 Å². The number of anilines is 1. The van der Waals surface area contributed by atoms with Crippen molar-refractivity contribution in [3.05, 3.63) is 59.2 Å². The number of hydrogen-bond donors (Lipinski definition) is 1. The quantitative estimate of drug-likeness (QED) is 0.760. The molecule has 0 saturated heterocycles. The second-order valence-corrected chi connectivity index (χ2v) is 6.33. The smallest absolute Gasteiger partial charge is 0.255 e. The van der Waals surface area contributed by atoms with Crippen LogP contribution in [-0.4, -0.2) is 12.5 Å². The molecule has 0 saturated carbocycles. The van der Waals surface area contributed by atoms with Crippen molar-refractivity contribution in [1.82, 2.24) is 0 Å². The van der Waals surface area contributed by atoms with Gasteiger partial charge in [-0.15, -0.1) is 0 Å². The summed E-state index contributed by atoms with van der Waals surface area (Å²) in [4.78, 5) is 12.5. The number of fused-ring (bicyclic) bond motifs is 1. The molecule has 0 heterocycles. The van der Waals surface area contributed by atoms with Gasteiger partial charge in [-0.2, -0.15) is 0 Å². The highest BCUT2D eigenvalue weighted by Gasteiger charge is 2.15. The van der Waals surface area contributed by atoms with Crippen LogP contribution >= 0.6 is 0 Å². The van der Waals surface area contributed by atoms with Gasteiger partial charge in [0.1, 0.15) is 5.75 Å². The van der Waals surface area contributed by atoms with Gasteiger partial charge in [0.2, 0.25) is 0 Å². The fraction of sp³-hybridized carbons (Fsp3) is 0.381. The van der Waals surface area contributed by atoms with Gasteiger partial charge in [-0.3, -0.25) is 4.79 Å². The van der Waals surface area contributed by atoms with Crippen LogP contribution in [0.5, 0.6) is 5.75 Å². The molecule has 0 atom stereocenters. The summed E-state index contributed by atoms with van der Waals surface area (Å²) >= 11 is 0. The molecular weight excluding hydrogens is 298 g/mol. The Kier molecular flexibility index (Phi) is 5.52. The summed E-state index contributed by atoms with van der Waals surface area (Å²) < 4.78 is 5.64. The molecule has 1 aliphatic rings. The molecule has 1 amide bonds. The number of amides is 1. The van der Waals surface area contributed by atoms with E-state index in [0.717, 1.165) is 43.7 Å². The molecule has 2 aromatic carbocycles. The third kappa shape index (κ3) is 3.97. The van der Waals surface area contributed by atoms with Gasteiger partial charge in [0.05, 0.1) is 6.61 Å². The van der Waals surface area contributed by atoms with Crippen molar-refractivity contribution >= 4 is 11.6 Å². The van der Waals surface area contributed by atoms with Crippen molar-refractivity contribution in [1.29, 1.82) is 0 Å². The van der Waals surface area contributed by atoms with Crippen LogP contribution in [0.15, 0.2) is 42.5 Å².